The van der Waals surface area contributed by atoms with Crippen LogP contribution in [-0.2, 0) is 11.3 Å². The van der Waals surface area contributed by atoms with Gasteiger partial charge in [-0.3, -0.25) is 9.79 Å². The molecule has 0 radical (unpaired) electrons. The summed E-state index contributed by atoms with van der Waals surface area (Å²) in [6.45, 7) is 2.52. The first-order chi connectivity index (χ1) is 12.7. The standard InChI is InChI=1S/C23H25NO2/c1-2-9-21(25)23-20(24-16-17-10-5-3-6-11-17)14-19(15-22(23)26)18-12-7-4-8-13-18/h3-8,10-13,19,25H,2,9,14-16H2,1H3/t19-/m1/s1. The van der Waals surface area contributed by atoms with Crippen LogP contribution in [0.2, 0.25) is 0 Å². The molecule has 2 aromatic rings. The molecule has 3 heteroatoms. The fourth-order valence-electron chi connectivity index (χ4n) is 3.46. The van der Waals surface area contributed by atoms with Crippen molar-refractivity contribution in [2.24, 2.45) is 4.99 Å². The number of aliphatic hydroxyl groups is 1. The van der Waals surface area contributed by atoms with Crippen LogP contribution in [0.4, 0.5) is 0 Å². The molecule has 0 spiro atoms. The van der Waals surface area contributed by atoms with Gasteiger partial charge in [0.1, 0.15) is 5.76 Å². The van der Waals surface area contributed by atoms with Crippen molar-refractivity contribution in [3.63, 3.8) is 0 Å². The summed E-state index contributed by atoms with van der Waals surface area (Å²) in [5.41, 5.74) is 3.45. The van der Waals surface area contributed by atoms with Crippen LogP contribution in [0.3, 0.4) is 0 Å². The van der Waals surface area contributed by atoms with E-state index in [1.807, 2.05) is 55.5 Å². The van der Waals surface area contributed by atoms with Crippen LogP contribution in [0.1, 0.15) is 49.7 Å². The first-order valence-electron chi connectivity index (χ1n) is 9.27. The number of nitrogens with zero attached hydrogens (tertiary/aromatic N) is 1. The van der Waals surface area contributed by atoms with Gasteiger partial charge in [-0.1, -0.05) is 67.6 Å². The fourth-order valence-corrected chi connectivity index (χ4v) is 3.46. The minimum atomic E-state index is 0.00265. The third kappa shape index (κ3) is 4.29. The minimum absolute atomic E-state index is 0.00265. The number of aliphatic imine (C=N–C) groups is 1. The van der Waals surface area contributed by atoms with E-state index in [9.17, 15) is 9.90 Å². The zero-order valence-electron chi connectivity index (χ0n) is 15.2. The van der Waals surface area contributed by atoms with Crippen LogP contribution in [0, 0.1) is 0 Å². The van der Waals surface area contributed by atoms with Gasteiger partial charge in [0.15, 0.2) is 5.78 Å². The molecule has 0 saturated heterocycles. The van der Waals surface area contributed by atoms with Gasteiger partial charge in [-0.2, -0.15) is 0 Å². The Morgan fingerprint density at radius 2 is 1.69 bits per heavy atom. The summed E-state index contributed by atoms with van der Waals surface area (Å²) in [4.78, 5) is 17.6. The van der Waals surface area contributed by atoms with Crippen molar-refractivity contribution in [2.75, 3.05) is 0 Å². The molecule has 1 fully saturated rings. The number of aliphatic hydroxyl groups excluding tert-OH is 1. The van der Waals surface area contributed by atoms with Crippen LogP contribution >= 0.6 is 0 Å². The molecular formula is C23H25NO2. The van der Waals surface area contributed by atoms with Crippen LogP contribution in [0.25, 0.3) is 0 Å². The monoisotopic (exact) mass is 347 g/mol. The topological polar surface area (TPSA) is 49.7 Å². The van der Waals surface area contributed by atoms with Gasteiger partial charge < -0.3 is 5.11 Å². The fraction of sp³-hybridized carbons (Fsp3) is 0.304. The van der Waals surface area contributed by atoms with Crippen LogP contribution in [-0.4, -0.2) is 16.6 Å². The minimum Gasteiger partial charge on any atom is -0.511 e. The molecule has 3 nitrogen and oxygen atoms in total. The number of allylic oxidation sites excluding steroid dienone is 2. The van der Waals surface area contributed by atoms with Crippen LogP contribution < -0.4 is 0 Å². The average Bonchev–Trinajstić information content (AvgIpc) is 2.67. The Morgan fingerprint density at radius 1 is 1.04 bits per heavy atom. The number of rotatable bonds is 5. The Morgan fingerprint density at radius 3 is 2.35 bits per heavy atom. The smallest absolute Gasteiger partial charge is 0.168 e. The van der Waals surface area contributed by atoms with Gasteiger partial charge in [-0.15, -0.1) is 0 Å². The lowest BCUT2D eigenvalue weighted by molar-refractivity contribution is -0.116. The molecular weight excluding hydrogens is 322 g/mol. The molecule has 1 atom stereocenters. The lowest BCUT2D eigenvalue weighted by Gasteiger charge is -2.26. The van der Waals surface area contributed by atoms with Gasteiger partial charge in [0.25, 0.3) is 0 Å². The van der Waals surface area contributed by atoms with Gasteiger partial charge in [-0.25, -0.2) is 0 Å². The first kappa shape index (κ1) is 18.1. The van der Waals surface area contributed by atoms with Crippen molar-refractivity contribution in [1.82, 2.24) is 0 Å². The van der Waals surface area contributed by atoms with E-state index in [0.717, 1.165) is 23.3 Å². The highest BCUT2D eigenvalue weighted by atomic mass is 16.3. The van der Waals surface area contributed by atoms with Crippen molar-refractivity contribution >= 4 is 11.5 Å². The maximum absolute atomic E-state index is 12.8. The van der Waals surface area contributed by atoms with E-state index < -0.39 is 0 Å². The lowest BCUT2D eigenvalue weighted by Crippen LogP contribution is -2.26. The molecule has 1 saturated carbocycles. The molecule has 1 aliphatic rings. The highest BCUT2D eigenvalue weighted by molar-refractivity contribution is 6.24. The first-order valence-corrected chi connectivity index (χ1v) is 9.27. The zero-order chi connectivity index (χ0) is 18.4. The number of Topliss-reactive ketones (excluding diaryl/α,β-unsaturated/α-hetero) is 1. The van der Waals surface area contributed by atoms with E-state index in [-0.39, 0.29) is 17.5 Å². The Bertz CT molecular complexity index is 807. The molecule has 3 rings (SSSR count). The predicted octanol–water partition coefficient (Wildman–Crippen LogP) is 5.39. The normalized spacial score (nSPS) is 21.0. The van der Waals surface area contributed by atoms with E-state index in [4.69, 9.17) is 4.99 Å². The molecule has 26 heavy (non-hydrogen) atoms. The van der Waals surface area contributed by atoms with Gasteiger partial charge >= 0.3 is 0 Å². The molecule has 2 aromatic carbocycles. The second-order valence-corrected chi connectivity index (χ2v) is 6.76. The Labute approximate surface area is 155 Å². The Hall–Kier alpha value is -2.68. The second-order valence-electron chi connectivity index (χ2n) is 6.76. The Kier molecular flexibility index (Phi) is 6.00. The summed E-state index contributed by atoms with van der Waals surface area (Å²) in [6.07, 6.45) is 2.43. The van der Waals surface area contributed by atoms with Gasteiger partial charge in [0.05, 0.1) is 17.8 Å². The third-order valence-corrected chi connectivity index (χ3v) is 4.78. The van der Waals surface area contributed by atoms with Crippen molar-refractivity contribution < 1.29 is 9.90 Å². The van der Waals surface area contributed by atoms with Gasteiger partial charge in [-0.05, 0) is 29.9 Å². The van der Waals surface area contributed by atoms with Gasteiger partial charge in [0.2, 0.25) is 0 Å². The van der Waals surface area contributed by atoms with E-state index in [1.54, 1.807) is 0 Å². The van der Waals surface area contributed by atoms with Crippen molar-refractivity contribution in [1.29, 1.82) is 0 Å². The van der Waals surface area contributed by atoms with Crippen molar-refractivity contribution in [3.8, 4) is 0 Å². The summed E-state index contributed by atoms with van der Waals surface area (Å²) in [5.74, 6) is 0.315. The SMILES string of the molecule is CCCC(O)=C1C(=O)C[C@H](c2ccccc2)CC1=NCc1ccccc1. The molecule has 0 aliphatic heterocycles. The molecule has 134 valence electrons. The van der Waals surface area contributed by atoms with Crippen molar-refractivity contribution in [3.05, 3.63) is 83.1 Å². The van der Waals surface area contributed by atoms with Crippen LogP contribution in [0.5, 0.6) is 0 Å². The maximum atomic E-state index is 12.8. The number of hydrogen-bond acceptors (Lipinski definition) is 3. The number of carbonyl (C=O) groups is 1. The summed E-state index contributed by atoms with van der Waals surface area (Å²) in [5, 5.41) is 10.4. The summed E-state index contributed by atoms with van der Waals surface area (Å²) in [7, 11) is 0. The molecule has 1 aliphatic carbocycles. The molecule has 1 N–H and O–H groups in total. The lowest BCUT2D eigenvalue weighted by atomic mass is 9.78. The number of benzene rings is 2. The van der Waals surface area contributed by atoms with Crippen LogP contribution in [0.15, 0.2) is 77.0 Å². The highest BCUT2D eigenvalue weighted by Crippen LogP contribution is 2.33. The molecule has 0 unspecified atom stereocenters. The molecule has 0 heterocycles. The molecule has 0 amide bonds. The molecule has 0 bridgehead atoms. The maximum Gasteiger partial charge on any atom is 0.168 e. The number of carbonyl (C=O) groups excluding carboxylic acids is 1. The summed E-state index contributed by atoms with van der Waals surface area (Å²) < 4.78 is 0. The molecule has 0 aromatic heterocycles. The van der Waals surface area contributed by atoms with E-state index in [0.29, 0.717) is 31.4 Å². The predicted molar refractivity (Wildman–Crippen MR) is 106 cm³/mol. The second kappa shape index (κ2) is 8.61. The largest absolute Gasteiger partial charge is 0.511 e. The van der Waals surface area contributed by atoms with E-state index >= 15 is 0 Å². The van der Waals surface area contributed by atoms with E-state index in [2.05, 4.69) is 12.1 Å². The summed E-state index contributed by atoms with van der Waals surface area (Å²) in [6, 6.07) is 20.1. The van der Waals surface area contributed by atoms with E-state index in [1.165, 1.54) is 0 Å². The Balaban J connectivity index is 1.92. The summed E-state index contributed by atoms with van der Waals surface area (Å²) >= 11 is 0. The number of ketones is 1. The quantitative estimate of drug-likeness (QED) is 0.582. The zero-order valence-corrected chi connectivity index (χ0v) is 15.2. The number of hydrogen-bond donors (Lipinski definition) is 1. The average molecular weight is 347 g/mol. The van der Waals surface area contributed by atoms with Crippen molar-refractivity contribution in [2.45, 2.75) is 45.1 Å². The highest BCUT2D eigenvalue weighted by Gasteiger charge is 2.32. The van der Waals surface area contributed by atoms with Gasteiger partial charge in [0, 0.05) is 12.8 Å². The third-order valence-electron chi connectivity index (χ3n) is 4.78.